The van der Waals surface area contributed by atoms with Crippen molar-refractivity contribution in [3.8, 4) is 5.75 Å². The van der Waals surface area contributed by atoms with Gasteiger partial charge in [-0.05, 0) is 19.2 Å². The largest absolute Gasteiger partial charge is 0.497 e. The van der Waals surface area contributed by atoms with E-state index in [1.807, 2.05) is 18.2 Å². The highest BCUT2D eigenvalue weighted by molar-refractivity contribution is 5.92. The molecule has 0 radical (unpaired) electrons. The Labute approximate surface area is 125 Å². The summed E-state index contributed by atoms with van der Waals surface area (Å²) in [5.74, 6) is 0.645. The molecule has 1 amide bonds. The molecule has 1 heterocycles. The second-order valence-electron chi connectivity index (χ2n) is 5.17. The average Bonchev–Trinajstić information content (AvgIpc) is 2.47. The van der Waals surface area contributed by atoms with Crippen molar-refractivity contribution in [2.45, 2.75) is 6.10 Å². The number of anilines is 1. The van der Waals surface area contributed by atoms with Crippen LogP contribution < -0.4 is 15.4 Å². The number of likely N-dealkylation sites (N-methyl/N-ethyl adjacent to an activating group) is 1. The average molecular weight is 293 g/mol. The van der Waals surface area contributed by atoms with Crippen molar-refractivity contribution in [1.82, 2.24) is 10.2 Å². The fraction of sp³-hybridized carbons (Fsp3) is 0.533. The van der Waals surface area contributed by atoms with E-state index in [4.69, 9.17) is 9.47 Å². The number of carbonyl (C=O) groups is 1. The van der Waals surface area contributed by atoms with Gasteiger partial charge in [0.25, 0.3) is 0 Å². The lowest BCUT2D eigenvalue weighted by Crippen LogP contribution is -2.45. The van der Waals surface area contributed by atoms with Crippen molar-refractivity contribution < 1.29 is 14.3 Å². The lowest BCUT2D eigenvalue weighted by Gasteiger charge is -2.30. The van der Waals surface area contributed by atoms with Gasteiger partial charge in [-0.2, -0.15) is 0 Å². The maximum Gasteiger partial charge on any atom is 0.238 e. The molecule has 1 aromatic carbocycles. The van der Waals surface area contributed by atoms with Crippen molar-refractivity contribution in [3.63, 3.8) is 0 Å². The van der Waals surface area contributed by atoms with Crippen molar-refractivity contribution in [2.75, 3.05) is 52.3 Å². The van der Waals surface area contributed by atoms with E-state index in [-0.39, 0.29) is 18.6 Å². The second kappa shape index (κ2) is 7.97. The van der Waals surface area contributed by atoms with E-state index in [1.165, 1.54) is 0 Å². The number of methoxy groups -OCH3 is 1. The van der Waals surface area contributed by atoms with E-state index in [1.54, 1.807) is 13.2 Å². The minimum absolute atomic E-state index is 0.0765. The molecule has 116 valence electrons. The van der Waals surface area contributed by atoms with Crippen LogP contribution in [0.25, 0.3) is 0 Å². The molecule has 0 saturated carbocycles. The van der Waals surface area contributed by atoms with Gasteiger partial charge < -0.3 is 25.0 Å². The van der Waals surface area contributed by atoms with Gasteiger partial charge in [0, 0.05) is 31.4 Å². The molecule has 0 spiro atoms. The van der Waals surface area contributed by atoms with Crippen LogP contribution in [-0.4, -0.2) is 63.9 Å². The first-order valence-electron chi connectivity index (χ1n) is 7.12. The first-order chi connectivity index (χ1) is 10.2. The molecular weight excluding hydrogens is 270 g/mol. The van der Waals surface area contributed by atoms with E-state index >= 15 is 0 Å². The standard InChI is InChI=1S/C15H23N3O3/c1-18-6-7-21-14(11-18)9-16-10-15(19)17-12-4-3-5-13(8-12)20-2/h3-5,8,14,16H,6-7,9-11H2,1-2H3,(H,17,19). The number of hydrogen-bond donors (Lipinski definition) is 2. The number of morpholine rings is 1. The summed E-state index contributed by atoms with van der Waals surface area (Å²) < 4.78 is 10.7. The molecule has 0 aliphatic carbocycles. The Morgan fingerprint density at radius 2 is 2.38 bits per heavy atom. The van der Waals surface area contributed by atoms with Crippen LogP contribution in [0.4, 0.5) is 5.69 Å². The van der Waals surface area contributed by atoms with Crippen LogP contribution in [0.3, 0.4) is 0 Å². The third kappa shape index (κ3) is 5.34. The van der Waals surface area contributed by atoms with Crippen LogP contribution >= 0.6 is 0 Å². The summed E-state index contributed by atoms with van der Waals surface area (Å²) in [6.07, 6.45) is 0.147. The first kappa shape index (κ1) is 15.8. The number of hydrogen-bond acceptors (Lipinski definition) is 5. The number of rotatable bonds is 6. The maximum atomic E-state index is 11.9. The molecule has 1 unspecified atom stereocenters. The Morgan fingerprint density at radius 3 is 3.14 bits per heavy atom. The van der Waals surface area contributed by atoms with Gasteiger partial charge in [-0.25, -0.2) is 0 Å². The third-order valence-corrected chi connectivity index (χ3v) is 3.35. The smallest absolute Gasteiger partial charge is 0.238 e. The number of nitrogens with one attached hydrogen (secondary N) is 2. The summed E-state index contributed by atoms with van der Waals surface area (Å²) in [5, 5.41) is 5.96. The van der Waals surface area contributed by atoms with E-state index in [9.17, 15) is 4.79 Å². The predicted octanol–water partition coefficient (Wildman–Crippen LogP) is 0.554. The minimum Gasteiger partial charge on any atom is -0.497 e. The molecule has 1 fully saturated rings. The fourth-order valence-corrected chi connectivity index (χ4v) is 2.24. The molecule has 1 aliphatic heterocycles. The highest BCUT2D eigenvalue weighted by Gasteiger charge is 2.17. The van der Waals surface area contributed by atoms with Gasteiger partial charge >= 0.3 is 0 Å². The Kier molecular flexibility index (Phi) is 5.98. The summed E-state index contributed by atoms with van der Waals surface area (Å²) in [7, 11) is 3.68. The molecule has 1 aromatic rings. The van der Waals surface area contributed by atoms with Crippen LogP contribution in [0.15, 0.2) is 24.3 Å². The minimum atomic E-state index is -0.0765. The van der Waals surface area contributed by atoms with E-state index < -0.39 is 0 Å². The van der Waals surface area contributed by atoms with E-state index in [2.05, 4.69) is 22.6 Å². The second-order valence-corrected chi connectivity index (χ2v) is 5.17. The van der Waals surface area contributed by atoms with Gasteiger partial charge in [-0.1, -0.05) is 6.07 Å². The molecule has 1 atom stereocenters. The highest BCUT2D eigenvalue weighted by Crippen LogP contribution is 2.16. The van der Waals surface area contributed by atoms with Crippen LogP contribution in [0.2, 0.25) is 0 Å². The SMILES string of the molecule is COc1cccc(NC(=O)CNCC2CN(C)CCO2)c1. The van der Waals surface area contributed by atoms with Gasteiger partial charge in [0.05, 0.1) is 26.4 Å². The van der Waals surface area contributed by atoms with Gasteiger partial charge in [-0.3, -0.25) is 4.79 Å². The lowest BCUT2D eigenvalue weighted by molar-refractivity contribution is -0.115. The highest BCUT2D eigenvalue weighted by atomic mass is 16.5. The zero-order chi connectivity index (χ0) is 15.1. The van der Waals surface area contributed by atoms with Crippen LogP contribution in [-0.2, 0) is 9.53 Å². The Bertz CT molecular complexity index is 467. The topological polar surface area (TPSA) is 62.8 Å². The predicted molar refractivity (Wildman–Crippen MR) is 81.7 cm³/mol. The van der Waals surface area contributed by atoms with E-state index in [0.717, 1.165) is 31.1 Å². The fourth-order valence-electron chi connectivity index (χ4n) is 2.24. The number of benzene rings is 1. The number of ether oxygens (including phenoxy) is 2. The first-order valence-corrected chi connectivity index (χ1v) is 7.12. The van der Waals surface area contributed by atoms with Gasteiger partial charge in [0.1, 0.15) is 5.75 Å². The molecule has 0 bridgehead atoms. The zero-order valence-electron chi connectivity index (χ0n) is 12.6. The van der Waals surface area contributed by atoms with Crippen molar-refractivity contribution in [1.29, 1.82) is 0 Å². The summed E-state index contributed by atoms with van der Waals surface area (Å²) in [6, 6.07) is 7.30. The van der Waals surface area contributed by atoms with Crippen molar-refractivity contribution in [2.24, 2.45) is 0 Å². The van der Waals surface area contributed by atoms with E-state index in [0.29, 0.717) is 6.54 Å². The molecule has 6 heteroatoms. The van der Waals surface area contributed by atoms with Gasteiger partial charge in [0.15, 0.2) is 0 Å². The molecule has 2 rings (SSSR count). The zero-order valence-corrected chi connectivity index (χ0v) is 12.6. The quantitative estimate of drug-likeness (QED) is 0.802. The third-order valence-electron chi connectivity index (χ3n) is 3.35. The Balaban J connectivity index is 1.69. The molecule has 0 aromatic heterocycles. The molecule has 2 N–H and O–H groups in total. The lowest BCUT2D eigenvalue weighted by atomic mass is 10.3. The van der Waals surface area contributed by atoms with Crippen molar-refractivity contribution >= 4 is 11.6 Å². The summed E-state index contributed by atoms with van der Waals surface area (Å²) in [4.78, 5) is 14.1. The summed E-state index contributed by atoms with van der Waals surface area (Å²) in [5.41, 5.74) is 0.731. The molecule has 1 saturated heterocycles. The Hall–Kier alpha value is -1.63. The normalized spacial score (nSPS) is 19.2. The summed E-state index contributed by atoms with van der Waals surface area (Å²) >= 11 is 0. The molecule has 21 heavy (non-hydrogen) atoms. The van der Waals surface area contributed by atoms with Crippen molar-refractivity contribution in [3.05, 3.63) is 24.3 Å². The number of nitrogens with zero attached hydrogens (tertiary/aromatic N) is 1. The van der Waals surface area contributed by atoms with Crippen LogP contribution in [0, 0.1) is 0 Å². The monoisotopic (exact) mass is 293 g/mol. The molecule has 6 nitrogen and oxygen atoms in total. The number of amides is 1. The Morgan fingerprint density at radius 1 is 1.52 bits per heavy atom. The molecule has 1 aliphatic rings. The van der Waals surface area contributed by atoms with Crippen LogP contribution in [0.1, 0.15) is 0 Å². The molecular formula is C15H23N3O3. The number of carbonyl (C=O) groups excluding carboxylic acids is 1. The maximum absolute atomic E-state index is 11.9. The van der Waals surface area contributed by atoms with Crippen LogP contribution in [0.5, 0.6) is 5.75 Å². The summed E-state index contributed by atoms with van der Waals surface area (Å²) in [6.45, 7) is 3.55. The van der Waals surface area contributed by atoms with Gasteiger partial charge in [0.2, 0.25) is 5.91 Å². The van der Waals surface area contributed by atoms with Gasteiger partial charge in [-0.15, -0.1) is 0 Å².